The summed E-state index contributed by atoms with van der Waals surface area (Å²) in [6.07, 6.45) is 1.63. The largest absolute Gasteiger partial charge is 0.369 e. The number of hydrogen-bond acceptors (Lipinski definition) is 3. The van der Waals surface area contributed by atoms with Crippen molar-refractivity contribution in [2.45, 2.75) is 26.7 Å². The van der Waals surface area contributed by atoms with E-state index in [-0.39, 0.29) is 5.91 Å². The van der Waals surface area contributed by atoms with Gasteiger partial charge in [-0.3, -0.25) is 4.79 Å². The van der Waals surface area contributed by atoms with Gasteiger partial charge in [-0.1, -0.05) is 20.3 Å². The molecule has 1 atom stereocenters. The molecule has 0 bridgehead atoms. The number of rotatable bonds is 5. The summed E-state index contributed by atoms with van der Waals surface area (Å²) in [5.74, 6) is 0.546. The fourth-order valence-electron chi connectivity index (χ4n) is 2.35. The molecule has 20 heavy (non-hydrogen) atoms. The van der Waals surface area contributed by atoms with Gasteiger partial charge in [0, 0.05) is 44.0 Å². The van der Waals surface area contributed by atoms with Crippen molar-refractivity contribution in [1.29, 1.82) is 0 Å². The molecule has 1 fully saturated rings. The summed E-state index contributed by atoms with van der Waals surface area (Å²) in [6.45, 7) is 8.37. The SMILES string of the molecule is CCC(C)CC(=O)Nc1ccc(N2CCNCC2)cc1. The van der Waals surface area contributed by atoms with E-state index in [0.29, 0.717) is 12.3 Å². The number of nitrogens with one attached hydrogen (secondary N) is 2. The van der Waals surface area contributed by atoms with Gasteiger partial charge in [0.25, 0.3) is 0 Å². The average Bonchev–Trinajstić information content (AvgIpc) is 2.48. The van der Waals surface area contributed by atoms with Crippen LogP contribution in [0, 0.1) is 5.92 Å². The summed E-state index contributed by atoms with van der Waals surface area (Å²) < 4.78 is 0. The Hall–Kier alpha value is -1.55. The van der Waals surface area contributed by atoms with Crippen LogP contribution in [0.3, 0.4) is 0 Å². The maximum atomic E-state index is 11.8. The highest BCUT2D eigenvalue weighted by atomic mass is 16.1. The minimum atomic E-state index is 0.106. The van der Waals surface area contributed by atoms with Gasteiger partial charge < -0.3 is 15.5 Å². The maximum Gasteiger partial charge on any atom is 0.224 e. The summed E-state index contributed by atoms with van der Waals surface area (Å²) in [4.78, 5) is 14.2. The molecule has 0 spiro atoms. The van der Waals surface area contributed by atoms with Crippen LogP contribution in [0.15, 0.2) is 24.3 Å². The molecule has 2 rings (SSSR count). The van der Waals surface area contributed by atoms with Crippen LogP contribution in [0.4, 0.5) is 11.4 Å². The van der Waals surface area contributed by atoms with Crippen LogP contribution in [0.1, 0.15) is 26.7 Å². The summed E-state index contributed by atoms with van der Waals surface area (Å²) >= 11 is 0. The minimum Gasteiger partial charge on any atom is -0.369 e. The molecule has 1 amide bonds. The van der Waals surface area contributed by atoms with Crippen molar-refractivity contribution >= 4 is 17.3 Å². The molecule has 0 radical (unpaired) electrons. The van der Waals surface area contributed by atoms with Crippen LogP contribution in [0.5, 0.6) is 0 Å². The van der Waals surface area contributed by atoms with Crippen LogP contribution in [0.25, 0.3) is 0 Å². The molecule has 110 valence electrons. The predicted octanol–water partition coefficient (Wildman–Crippen LogP) is 2.47. The normalized spacial score (nSPS) is 16.8. The molecule has 1 unspecified atom stereocenters. The zero-order valence-corrected chi connectivity index (χ0v) is 12.5. The Morgan fingerprint density at radius 1 is 1.30 bits per heavy atom. The molecule has 0 aliphatic carbocycles. The molecular weight excluding hydrogens is 250 g/mol. The topological polar surface area (TPSA) is 44.4 Å². The number of benzene rings is 1. The lowest BCUT2D eigenvalue weighted by atomic mass is 10.1. The summed E-state index contributed by atoms with van der Waals surface area (Å²) in [5, 5.41) is 6.31. The molecule has 1 aliphatic rings. The molecule has 1 saturated heterocycles. The number of carbonyl (C=O) groups excluding carboxylic acids is 1. The van der Waals surface area contributed by atoms with E-state index in [9.17, 15) is 4.79 Å². The van der Waals surface area contributed by atoms with E-state index in [4.69, 9.17) is 0 Å². The molecule has 1 aromatic rings. The van der Waals surface area contributed by atoms with Gasteiger partial charge in [-0.15, -0.1) is 0 Å². The van der Waals surface area contributed by atoms with Gasteiger partial charge in [0.15, 0.2) is 0 Å². The number of amides is 1. The second-order valence-corrected chi connectivity index (χ2v) is 5.55. The van der Waals surface area contributed by atoms with Gasteiger partial charge in [-0.25, -0.2) is 0 Å². The Balaban J connectivity index is 1.89. The molecule has 1 heterocycles. The van der Waals surface area contributed by atoms with E-state index >= 15 is 0 Å². The third kappa shape index (κ3) is 4.23. The molecule has 0 saturated carbocycles. The molecule has 2 N–H and O–H groups in total. The van der Waals surface area contributed by atoms with Gasteiger partial charge in [0.1, 0.15) is 0 Å². The zero-order chi connectivity index (χ0) is 14.4. The van der Waals surface area contributed by atoms with Crippen LogP contribution < -0.4 is 15.5 Å². The van der Waals surface area contributed by atoms with Crippen molar-refractivity contribution in [2.24, 2.45) is 5.92 Å². The van der Waals surface area contributed by atoms with E-state index in [0.717, 1.165) is 38.3 Å². The third-order valence-electron chi connectivity index (χ3n) is 3.86. The Morgan fingerprint density at radius 2 is 1.95 bits per heavy atom. The standard InChI is InChI=1S/C16H25N3O/c1-3-13(2)12-16(20)18-14-4-6-15(7-5-14)19-10-8-17-9-11-19/h4-7,13,17H,3,8-12H2,1-2H3,(H,18,20). The van der Waals surface area contributed by atoms with E-state index in [1.54, 1.807) is 0 Å². The van der Waals surface area contributed by atoms with Gasteiger partial charge in [0.05, 0.1) is 0 Å². The Bertz CT molecular complexity index is 424. The monoisotopic (exact) mass is 275 g/mol. The zero-order valence-electron chi connectivity index (χ0n) is 12.5. The van der Waals surface area contributed by atoms with Crippen LogP contribution >= 0.6 is 0 Å². The van der Waals surface area contributed by atoms with Crippen molar-refractivity contribution < 1.29 is 4.79 Å². The minimum absolute atomic E-state index is 0.106. The van der Waals surface area contributed by atoms with Crippen LogP contribution in [0.2, 0.25) is 0 Å². The van der Waals surface area contributed by atoms with Gasteiger partial charge in [-0.2, -0.15) is 0 Å². The lowest BCUT2D eigenvalue weighted by molar-refractivity contribution is -0.117. The van der Waals surface area contributed by atoms with Gasteiger partial charge >= 0.3 is 0 Å². The molecular formula is C16H25N3O. The number of carbonyl (C=O) groups is 1. The second-order valence-electron chi connectivity index (χ2n) is 5.55. The lowest BCUT2D eigenvalue weighted by Crippen LogP contribution is -2.43. The van der Waals surface area contributed by atoms with E-state index in [1.165, 1.54) is 5.69 Å². The lowest BCUT2D eigenvalue weighted by Gasteiger charge is -2.29. The first-order valence-electron chi connectivity index (χ1n) is 7.54. The highest BCUT2D eigenvalue weighted by Crippen LogP contribution is 2.19. The Morgan fingerprint density at radius 3 is 2.55 bits per heavy atom. The maximum absolute atomic E-state index is 11.8. The van der Waals surface area contributed by atoms with E-state index < -0.39 is 0 Å². The first kappa shape index (κ1) is 14.9. The van der Waals surface area contributed by atoms with E-state index in [1.807, 2.05) is 12.1 Å². The van der Waals surface area contributed by atoms with Crippen molar-refractivity contribution in [3.8, 4) is 0 Å². The van der Waals surface area contributed by atoms with Gasteiger partial charge in [0.2, 0.25) is 5.91 Å². The van der Waals surface area contributed by atoms with Gasteiger partial charge in [-0.05, 0) is 30.2 Å². The van der Waals surface area contributed by atoms with Crippen molar-refractivity contribution in [3.05, 3.63) is 24.3 Å². The fourth-order valence-corrected chi connectivity index (χ4v) is 2.35. The first-order chi connectivity index (χ1) is 9.69. The average molecular weight is 275 g/mol. The molecule has 4 heteroatoms. The fraction of sp³-hybridized carbons (Fsp3) is 0.562. The van der Waals surface area contributed by atoms with Crippen molar-refractivity contribution in [2.75, 3.05) is 36.4 Å². The first-order valence-corrected chi connectivity index (χ1v) is 7.54. The Kier molecular flexibility index (Phi) is 5.41. The molecule has 1 aromatic carbocycles. The van der Waals surface area contributed by atoms with Crippen molar-refractivity contribution in [3.63, 3.8) is 0 Å². The number of anilines is 2. The summed E-state index contributed by atoms with van der Waals surface area (Å²) in [7, 11) is 0. The molecule has 4 nitrogen and oxygen atoms in total. The predicted molar refractivity (Wildman–Crippen MR) is 84.2 cm³/mol. The summed E-state index contributed by atoms with van der Waals surface area (Å²) in [6, 6.07) is 8.16. The quantitative estimate of drug-likeness (QED) is 0.867. The second kappa shape index (κ2) is 7.29. The highest BCUT2D eigenvalue weighted by molar-refractivity contribution is 5.91. The molecule has 1 aliphatic heterocycles. The van der Waals surface area contributed by atoms with Crippen LogP contribution in [-0.4, -0.2) is 32.1 Å². The van der Waals surface area contributed by atoms with Crippen molar-refractivity contribution in [1.82, 2.24) is 5.32 Å². The Labute approximate surface area is 121 Å². The van der Waals surface area contributed by atoms with E-state index in [2.05, 4.69) is 41.5 Å². The highest BCUT2D eigenvalue weighted by Gasteiger charge is 2.11. The number of nitrogens with zero attached hydrogens (tertiary/aromatic N) is 1. The molecule has 0 aromatic heterocycles. The van der Waals surface area contributed by atoms with Crippen LogP contribution in [-0.2, 0) is 4.79 Å². The number of piperazine rings is 1. The summed E-state index contributed by atoms with van der Waals surface area (Å²) in [5.41, 5.74) is 2.11. The smallest absolute Gasteiger partial charge is 0.224 e. The number of hydrogen-bond donors (Lipinski definition) is 2. The third-order valence-corrected chi connectivity index (χ3v) is 3.86.